The van der Waals surface area contributed by atoms with Gasteiger partial charge in [-0.1, -0.05) is 30.3 Å². The van der Waals surface area contributed by atoms with Crippen LogP contribution in [0, 0.1) is 18.6 Å². The summed E-state index contributed by atoms with van der Waals surface area (Å²) in [7, 11) is 0. The van der Waals surface area contributed by atoms with Crippen molar-refractivity contribution in [2.75, 3.05) is 36.4 Å². The fourth-order valence-corrected chi connectivity index (χ4v) is 5.45. The van der Waals surface area contributed by atoms with Crippen molar-refractivity contribution in [1.82, 2.24) is 15.2 Å². The highest BCUT2D eigenvalue weighted by molar-refractivity contribution is 7.13. The van der Waals surface area contributed by atoms with E-state index in [9.17, 15) is 14.0 Å². The van der Waals surface area contributed by atoms with Crippen molar-refractivity contribution in [3.05, 3.63) is 101 Å². The molecule has 0 aliphatic carbocycles. The highest BCUT2D eigenvalue weighted by Gasteiger charge is 2.28. The van der Waals surface area contributed by atoms with Crippen molar-refractivity contribution in [1.29, 1.82) is 0 Å². The van der Waals surface area contributed by atoms with Gasteiger partial charge in [-0.15, -0.1) is 11.3 Å². The number of hydrogen-bond donors (Lipinski definition) is 2. The molecule has 7 nitrogen and oxygen atoms in total. The molecule has 0 spiro atoms. The summed E-state index contributed by atoms with van der Waals surface area (Å²) in [6.45, 7) is 5.37. The zero-order chi connectivity index (χ0) is 28.1. The van der Waals surface area contributed by atoms with Crippen LogP contribution in [0.4, 0.5) is 19.6 Å². The smallest absolute Gasteiger partial charge is 0.253 e. The molecule has 0 radical (unpaired) electrons. The minimum Gasteiger partial charge on any atom is -0.369 e. The standard InChI is InChI=1S/C30H29F2N5O2S/c1-20-15-21(26-8-7-25(17-27(26)32)36-12-9-33-10-13-36)5-6-23(20)18-37(19-38)28(22-3-2-4-24(31)16-22)29(39)35-30-34-11-14-40-30/h2-8,11,14-17,19,28,33H,9-10,12-13,18H2,1H3,(H,34,35,39). The number of piperazine rings is 1. The molecule has 2 amide bonds. The zero-order valence-corrected chi connectivity index (χ0v) is 22.8. The number of hydrogen-bond acceptors (Lipinski definition) is 6. The van der Waals surface area contributed by atoms with Crippen LogP contribution < -0.4 is 15.5 Å². The van der Waals surface area contributed by atoms with Gasteiger partial charge in [0, 0.05) is 55.6 Å². The molecular formula is C30H29F2N5O2S. The number of nitrogens with zero attached hydrogens (tertiary/aromatic N) is 3. The van der Waals surface area contributed by atoms with Gasteiger partial charge in [0.2, 0.25) is 6.41 Å². The largest absolute Gasteiger partial charge is 0.369 e. The minimum absolute atomic E-state index is 0.0898. The number of thiazole rings is 1. The number of anilines is 2. The van der Waals surface area contributed by atoms with Crippen LogP contribution in [0.1, 0.15) is 22.7 Å². The molecule has 10 heteroatoms. The number of carbonyl (C=O) groups is 2. The van der Waals surface area contributed by atoms with Crippen molar-refractivity contribution in [2.45, 2.75) is 19.5 Å². The minimum atomic E-state index is -1.09. The van der Waals surface area contributed by atoms with E-state index in [4.69, 9.17) is 0 Å². The Bertz CT molecular complexity index is 1490. The first-order valence-electron chi connectivity index (χ1n) is 12.9. The predicted octanol–water partition coefficient (Wildman–Crippen LogP) is 5.14. The number of amides is 2. The number of rotatable bonds is 9. The first-order valence-corrected chi connectivity index (χ1v) is 13.8. The summed E-state index contributed by atoms with van der Waals surface area (Å²) in [5.74, 6) is -1.32. The van der Waals surface area contributed by atoms with Crippen LogP contribution in [-0.2, 0) is 16.1 Å². The Labute approximate surface area is 235 Å². The van der Waals surface area contributed by atoms with E-state index in [2.05, 4.69) is 20.5 Å². The van der Waals surface area contributed by atoms with E-state index in [1.54, 1.807) is 35.8 Å². The van der Waals surface area contributed by atoms with E-state index in [0.717, 1.165) is 43.0 Å². The molecule has 40 heavy (non-hydrogen) atoms. The Hall–Kier alpha value is -4.15. The van der Waals surface area contributed by atoms with Gasteiger partial charge in [-0.2, -0.15) is 0 Å². The third kappa shape index (κ3) is 6.19. The summed E-state index contributed by atoms with van der Waals surface area (Å²) in [5.41, 5.74) is 4.00. The molecule has 1 aromatic heterocycles. The number of aromatic nitrogens is 1. The Morgan fingerprint density at radius 1 is 1.15 bits per heavy atom. The summed E-state index contributed by atoms with van der Waals surface area (Å²) in [6, 6.07) is 15.3. The van der Waals surface area contributed by atoms with Gasteiger partial charge >= 0.3 is 0 Å². The lowest BCUT2D eigenvalue weighted by Crippen LogP contribution is -2.43. The number of nitrogens with one attached hydrogen (secondary N) is 2. The van der Waals surface area contributed by atoms with Gasteiger partial charge in [-0.05, 0) is 59.5 Å². The third-order valence-corrected chi connectivity index (χ3v) is 7.67. The maximum Gasteiger partial charge on any atom is 0.253 e. The molecule has 3 aromatic carbocycles. The second kappa shape index (κ2) is 12.4. The lowest BCUT2D eigenvalue weighted by atomic mass is 9.98. The molecule has 1 fully saturated rings. The quantitative estimate of drug-likeness (QED) is 0.277. The first-order chi connectivity index (χ1) is 19.4. The molecule has 5 rings (SSSR count). The lowest BCUT2D eigenvalue weighted by molar-refractivity contribution is -0.130. The summed E-state index contributed by atoms with van der Waals surface area (Å²) >= 11 is 1.24. The van der Waals surface area contributed by atoms with E-state index in [-0.39, 0.29) is 12.4 Å². The van der Waals surface area contributed by atoms with Crippen LogP contribution in [0.5, 0.6) is 0 Å². The molecule has 2 N–H and O–H groups in total. The van der Waals surface area contributed by atoms with Crippen molar-refractivity contribution >= 4 is 34.5 Å². The number of halogens is 2. The van der Waals surface area contributed by atoms with E-state index in [1.165, 1.54) is 34.4 Å². The molecule has 1 aliphatic rings. The summed E-state index contributed by atoms with van der Waals surface area (Å²) in [5, 5.41) is 8.11. The SMILES string of the molecule is Cc1cc(-c2ccc(N3CCNCC3)cc2F)ccc1CN(C=O)C(C(=O)Nc1nccs1)c1cccc(F)c1. The Kier molecular flexibility index (Phi) is 8.47. The van der Waals surface area contributed by atoms with Crippen LogP contribution in [0.2, 0.25) is 0 Å². The molecular weight excluding hydrogens is 532 g/mol. The summed E-state index contributed by atoms with van der Waals surface area (Å²) in [6.07, 6.45) is 2.14. The molecule has 1 saturated heterocycles. The topological polar surface area (TPSA) is 77.6 Å². The highest BCUT2D eigenvalue weighted by Crippen LogP contribution is 2.30. The average Bonchev–Trinajstić information content (AvgIpc) is 3.47. The lowest BCUT2D eigenvalue weighted by Gasteiger charge is -2.29. The van der Waals surface area contributed by atoms with Crippen molar-refractivity contribution in [3.8, 4) is 11.1 Å². The van der Waals surface area contributed by atoms with Gasteiger partial charge in [0.05, 0.1) is 0 Å². The Morgan fingerprint density at radius 3 is 2.65 bits per heavy atom. The molecule has 1 aliphatic heterocycles. The number of benzene rings is 3. The van der Waals surface area contributed by atoms with E-state index in [1.807, 2.05) is 25.1 Å². The average molecular weight is 562 g/mol. The number of aryl methyl sites for hydroxylation is 1. The number of carbonyl (C=O) groups excluding carboxylic acids is 2. The van der Waals surface area contributed by atoms with Crippen LogP contribution in [0.3, 0.4) is 0 Å². The van der Waals surface area contributed by atoms with Crippen LogP contribution in [0.15, 0.2) is 72.2 Å². The fourth-order valence-electron chi connectivity index (χ4n) is 4.91. The van der Waals surface area contributed by atoms with Gasteiger partial charge in [0.1, 0.15) is 17.7 Å². The Balaban J connectivity index is 1.39. The maximum absolute atomic E-state index is 15.2. The van der Waals surface area contributed by atoms with Crippen LogP contribution >= 0.6 is 11.3 Å². The van der Waals surface area contributed by atoms with Crippen LogP contribution in [-0.4, -0.2) is 48.4 Å². The molecule has 1 unspecified atom stereocenters. The molecule has 206 valence electrons. The fraction of sp³-hybridized carbons (Fsp3) is 0.233. The maximum atomic E-state index is 15.2. The second-order valence-electron chi connectivity index (χ2n) is 9.60. The van der Waals surface area contributed by atoms with Crippen molar-refractivity contribution in [2.24, 2.45) is 0 Å². The molecule has 0 saturated carbocycles. The molecule has 2 heterocycles. The van der Waals surface area contributed by atoms with Gasteiger partial charge in [-0.25, -0.2) is 13.8 Å². The highest BCUT2D eigenvalue weighted by atomic mass is 32.1. The van der Waals surface area contributed by atoms with Gasteiger partial charge < -0.3 is 15.1 Å². The first kappa shape index (κ1) is 27.4. The zero-order valence-electron chi connectivity index (χ0n) is 21.9. The summed E-state index contributed by atoms with van der Waals surface area (Å²) in [4.78, 5) is 33.2. The monoisotopic (exact) mass is 561 g/mol. The van der Waals surface area contributed by atoms with Gasteiger partial charge in [0.15, 0.2) is 5.13 Å². The summed E-state index contributed by atoms with van der Waals surface area (Å²) < 4.78 is 29.3. The predicted molar refractivity (Wildman–Crippen MR) is 153 cm³/mol. The second-order valence-corrected chi connectivity index (χ2v) is 10.5. The Morgan fingerprint density at radius 2 is 1.98 bits per heavy atom. The molecule has 4 aromatic rings. The van der Waals surface area contributed by atoms with Crippen LogP contribution in [0.25, 0.3) is 11.1 Å². The third-order valence-electron chi connectivity index (χ3n) is 6.98. The van der Waals surface area contributed by atoms with Crippen molar-refractivity contribution in [3.63, 3.8) is 0 Å². The van der Waals surface area contributed by atoms with Gasteiger partial charge in [0.25, 0.3) is 5.91 Å². The van der Waals surface area contributed by atoms with Crippen molar-refractivity contribution < 1.29 is 18.4 Å². The van der Waals surface area contributed by atoms with E-state index in [0.29, 0.717) is 28.2 Å². The normalized spacial score (nSPS) is 14.0. The van der Waals surface area contributed by atoms with Gasteiger partial charge in [-0.3, -0.25) is 14.9 Å². The van der Waals surface area contributed by atoms with E-state index < -0.39 is 17.8 Å². The molecule has 0 bridgehead atoms. The van der Waals surface area contributed by atoms with E-state index >= 15 is 4.39 Å². The molecule has 1 atom stereocenters.